The van der Waals surface area contributed by atoms with Gasteiger partial charge in [0.05, 0.1) is 6.54 Å². The van der Waals surface area contributed by atoms with E-state index in [1.807, 2.05) is 12.1 Å². The van der Waals surface area contributed by atoms with Crippen molar-refractivity contribution in [2.75, 3.05) is 19.6 Å². The van der Waals surface area contributed by atoms with Crippen molar-refractivity contribution >= 4 is 35.8 Å². The number of nitrogens with two attached hydrogens (primary N) is 1. The van der Waals surface area contributed by atoms with Crippen molar-refractivity contribution in [3.8, 4) is 0 Å². The second-order valence-corrected chi connectivity index (χ2v) is 6.80. The van der Waals surface area contributed by atoms with Gasteiger partial charge in [0.1, 0.15) is 0 Å². The quantitative estimate of drug-likeness (QED) is 0.362. The highest BCUT2D eigenvalue weighted by molar-refractivity contribution is 14.0. The summed E-state index contributed by atoms with van der Waals surface area (Å²) >= 11 is 0. The number of nitrogens with one attached hydrogen (secondary N) is 1. The molecule has 1 fully saturated rings. The highest BCUT2D eigenvalue weighted by Gasteiger charge is 2.29. The Hall–Kier alpha value is -1.31. The van der Waals surface area contributed by atoms with E-state index < -0.39 is 5.91 Å². The molecule has 2 rings (SSSR count). The number of hydrogen-bond donors (Lipinski definition) is 2. The standard InChI is InChI=1S/C20H32N4O.HI/c1-4-16(5-2)18-11-12-24(14-18)20(22-6-3)23-13-15-7-9-17(10-8-15)19(21)25;/h7-10,16,18H,4-6,11-14H2,1-3H3,(H2,21,25)(H,22,23);1H. The Labute approximate surface area is 174 Å². The summed E-state index contributed by atoms with van der Waals surface area (Å²) < 4.78 is 0. The lowest BCUT2D eigenvalue weighted by atomic mass is 9.87. The number of halogens is 1. The van der Waals surface area contributed by atoms with Crippen LogP contribution < -0.4 is 11.1 Å². The van der Waals surface area contributed by atoms with Gasteiger partial charge in [-0.25, -0.2) is 4.99 Å². The minimum absolute atomic E-state index is 0. The molecule has 0 saturated carbocycles. The minimum atomic E-state index is -0.395. The molecule has 0 aromatic heterocycles. The van der Waals surface area contributed by atoms with Crippen molar-refractivity contribution < 1.29 is 4.79 Å². The van der Waals surface area contributed by atoms with Crippen LogP contribution in [0.5, 0.6) is 0 Å². The first kappa shape index (κ1) is 22.7. The number of benzene rings is 1. The third-order valence-corrected chi connectivity index (χ3v) is 5.22. The van der Waals surface area contributed by atoms with Gasteiger partial charge in [0.2, 0.25) is 5.91 Å². The molecule has 1 aliphatic heterocycles. The molecule has 3 N–H and O–H groups in total. The fourth-order valence-corrected chi connectivity index (χ4v) is 3.69. The predicted octanol–water partition coefficient (Wildman–Crippen LogP) is 3.63. The fourth-order valence-electron chi connectivity index (χ4n) is 3.69. The SMILES string of the molecule is CCNC(=NCc1ccc(C(N)=O)cc1)N1CCC(C(CC)CC)C1.I. The maximum absolute atomic E-state index is 11.2. The fraction of sp³-hybridized carbons (Fsp3) is 0.600. The number of carbonyl (C=O) groups is 1. The van der Waals surface area contributed by atoms with Crippen LogP contribution in [-0.2, 0) is 6.54 Å². The Morgan fingerprint density at radius 3 is 2.46 bits per heavy atom. The van der Waals surface area contributed by atoms with Crippen LogP contribution in [0.15, 0.2) is 29.3 Å². The number of amides is 1. The van der Waals surface area contributed by atoms with Gasteiger partial charge >= 0.3 is 0 Å². The van der Waals surface area contributed by atoms with Crippen molar-refractivity contribution in [1.82, 2.24) is 10.2 Å². The lowest BCUT2D eigenvalue weighted by Gasteiger charge is -2.24. The Kier molecular flexibility index (Phi) is 9.98. The Balaban J connectivity index is 0.00000338. The molecular formula is C20H33IN4O. The zero-order chi connectivity index (χ0) is 18.2. The first-order valence-corrected chi connectivity index (χ1v) is 9.50. The molecule has 1 saturated heterocycles. The smallest absolute Gasteiger partial charge is 0.248 e. The normalized spacial score (nSPS) is 17.3. The van der Waals surface area contributed by atoms with E-state index in [1.165, 1.54) is 19.3 Å². The van der Waals surface area contributed by atoms with Crippen molar-refractivity contribution in [2.24, 2.45) is 22.6 Å². The lowest BCUT2D eigenvalue weighted by Crippen LogP contribution is -2.40. The first-order chi connectivity index (χ1) is 12.1. The van der Waals surface area contributed by atoms with Gasteiger partial charge < -0.3 is 16.0 Å². The summed E-state index contributed by atoms with van der Waals surface area (Å²) in [4.78, 5) is 18.3. The van der Waals surface area contributed by atoms with Gasteiger partial charge in [-0.3, -0.25) is 4.79 Å². The van der Waals surface area contributed by atoms with Gasteiger partial charge in [0.25, 0.3) is 0 Å². The summed E-state index contributed by atoms with van der Waals surface area (Å²) in [6, 6.07) is 7.37. The summed E-state index contributed by atoms with van der Waals surface area (Å²) in [5, 5.41) is 3.42. The van der Waals surface area contributed by atoms with E-state index in [-0.39, 0.29) is 24.0 Å². The zero-order valence-corrected chi connectivity index (χ0v) is 18.5. The minimum Gasteiger partial charge on any atom is -0.366 e. The third kappa shape index (κ3) is 6.14. The van der Waals surface area contributed by atoms with Gasteiger partial charge in [-0.15, -0.1) is 24.0 Å². The van der Waals surface area contributed by atoms with Crippen LogP contribution in [0.1, 0.15) is 56.0 Å². The van der Waals surface area contributed by atoms with E-state index in [4.69, 9.17) is 10.7 Å². The Morgan fingerprint density at radius 2 is 1.92 bits per heavy atom. The van der Waals surface area contributed by atoms with E-state index in [9.17, 15) is 4.79 Å². The summed E-state index contributed by atoms with van der Waals surface area (Å²) in [7, 11) is 0. The molecule has 1 amide bonds. The highest BCUT2D eigenvalue weighted by atomic mass is 127. The maximum atomic E-state index is 11.2. The van der Waals surface area contributed by atoms with Crippen LogP contribution in [0.2, 0.25) is 0 Å². The molecule has 1 aromatic rings. The van der Waals surface area contributed by atoms with E-state index in [0.29, 0.717) is 12.1 Å². The van der Waals surface area contributed by atoms with E-state index in [2.05, 4.69) is 31.0 Å². The van der Waals surface area contributed by atoms with E-state index in [0.717, 1.165) is 43.0 Å². The van der Waals surface area contributed by atoms with Crippen LogP contribution in [0.3, 0.4) is 0 Å². The first-order valence-electron chi connectivity index (χ1n) is 9.50. The van der Waals surface area contributed by atoms with E-state index in [1.54, 1.807) is 12.1 Å². The molecule has 1 heterocycles. The number of rotatable bonds is 7. The van der Waals surface area contributed by atoms with Crippen LogP contribution in [0, 0.1) is 11.8 Å². The van der Waals surface area contributed by atoms with Gasteiger partial charge in [0.15, 0.2) is 5.96 Å². The number of guanidine groups is 1. The number of carbonyl (C=O) groups excluding carboxylic acids is 1. The zero-order valence-electron chi connectivity index (χ0n) is 16.2. The topological polar surface area (TPSA) is 70.7 Å². The number of hydrogen-bond acceptors (Lipinski definition) is 2. The molecule has 0 radical (unpaired) electrons. The second-order valence-electron chi connectivity index (χ2n) is 6.80. The molecule has 0 bridgehead atoms. The molecule has 1 aromatic carbocycles. The predicted molar refractivity (Wildman–Crippen MR) is 119 cm³/mol. The second kappa shape index (κ2) is 11.4. The molecule has 0 spiro atoms. The summed E-state index contributed by atoms with van der Waals surface area (Å²) in [6.07, 6.45) is 3.77. The van der Waals surface area contributed by atoms with Crippen LogP contribution in [-0.4, -0.2) is 36.4 Å². The monoisotopic (exact) mass is 472 g/mol. The van der Waals surface area contributed by atoms with Gasteiger partial charge in [-0.1, -0.05) is 38.8 Å². The number of nitrogens with zero attached hydrogens (tertiary/aromatic N) is 2. The molecule has 146 valence electrons. The van der Waals surface area contributed by atoms with Crippen molar-refractivity contribution in [3.63, 3.8) is 0 Å². The van der Waals surface area contributed by atoms with Crippen LogP contribution in [0.25, 0.3) is 0 Å². The van der Waals surface area contributed by atoms with Crippen LogP contribution >= 0.6 is 24.0 Å². The van der Waals surface area contributed by atoms with Crippen molar-refractivity contribution in [2.45, 2.75) is 46.6 Å². The van der Waals surface area contributed by atoms with Crippen molar-refractivity contribution in [1.29, 1.82) is 0 Å². The van der Waals surface area contributed by atoms with E-state index >= 15 is 0 Å². The largest absolute Gasteiger partial charge is 0.366 e. The average molecular weight is 472 g/mol. The van der Waals surface area contributed by atoms with Crippen LogP contribution in [0.4, 0.5) is 0 Å². The number of primary amides is 1. The van der Waals surface area contributed by atoms with Gasteiger partial charge in [0, 0.05) is 25.2 Å². The molecule has 0 aliphatic carbocycles. The lowest BCUT2D eigenvalue weighted by molar-refractivity contribution is 0.100. The summed E-state index contributed by atoms with van der Waals surface area (Å²) in [6.45, 7) is 10.3. The molecule has 1 atom stereocenters. The number of likely N-dealkylation sites (tertiary alicyclic amines) is 1. The molecule has 26 heavy (non-hydrogen) atoms. The molecule has 6 heteroatoms. The third-order valence-electron chi connectivity index (χ3n) is 5.22. The highest BCUT2D eigenvalue weighted by Crippen LogP contribution is 2.28. The average Bonchev–Trinajstić information content (AvgIpc) is 3.09. The Bertz CT molecular complexity index is 584. The Morgan fingerprint density at radius 1 is 1.27 bits per heavy atom. The summed E-state index contributed by atoms with van der Waals surface area (Å²) in [5.41, 5.74) is 6.90. The molecule has 1 aliphatic rings. The number of aliphatic imine (C=N–C) groups is 1. The van der Waals surface area contributed by atoms with Gasteiger partial charge in [-0.05, 0) is 42.9 Å². The molecule has 5 nitrogen and oxygen atoms in total. The molecule has 1 unspecified atom stereocenters. The van der Waals surface area contributed by atoms with Gasteiger partial charge in [-0.2, -0.15) is 0 Å². The van der Waals surface area contributed by atoms with Crippen molar-refractivity contribution in [3.05, 3.63) is 35.4 Å². The molecular weight excluding hydrogens is 439 g/mol. The maximum Gasteiger partial charge on any atom is 0.248 e. The summed E-state index contributed by atoms with van der Waals surface area (Å²) in [5.74, 6) is 2.19.